The van der Waals surface area contributed by atoms with Crippen molar-refractivity contribution in [2.45, 2.75) is 33.7 Å². The molecular formula is C26H29N3O5S. The predicted octanol–water partition coefficient (Wildman–Crippen LogP) is 2.77. The van der Waals surface area contributed by atoms with E-state index in [0.717, 1.165) is 17.0 Å². The molecule has 1 aliphatic rings. The maximum Gasteiger partial charge on any atom is 0.338 e. The van der Waals surface area contributed by atoms with Crippen molar-refractivity contribution >= 4 is 23.4 Å². The number of allylic oxidation sites excluding steroid dienone is 1. The molecule has 0 saturated carbocycles. The molecule has 35 heavy (non-hydrogen) atoms. The molecule has 1 atom stereocenters. The Kier molecular flexibility index (Phi) is 6.71. The summed E-state index contributed by atoms with van der Waals surface area (Å²) in [5.41, 5.74) is 4.45. The van der Waals surface area contributed by atoms with Crippen molar-refractivity contribution in [3.8, 4) is 11.5 Å². The first-order chi connectivity index (χ1) is 16.7. The van der Waals surface area contributed by atoms with Crippen molar-refractivity contribution in [3.63, 3.8) is 0 Å². The molecule has 0 saturated heterocycles. The Labute approximate surface area is 207 Å². The number of benzene rings is 1. The monoisotopic (exact) mass is 495 g/mol. The number of rotatable bonds is 6. The van der Waals surface area contributed by atoms with E-state index in [0.29, 0.717) is 37.7 Å². The molecule has 1 aliphatic heterocycles. The third-order valence-electron chi connectivity index (χ3n) is 6.34. The molecule has 0 spiro atoms. The fraction of sp³-hybridized carbons (Fsp3) is 0.346. The number of hydrogen-bond acceptors (Lipinski definition) is 7. The van der Waals surface area contributed by atoms with Crippen LogP contribution in [0.5, 0.6) is 11.5 Å². The summed E-state index contributed by atoms with van der Waals surface area (Å²) in [6.07, 6.45) is 1.89. The number of methoxy groups -OCH3 is 2. The van der Waals surface area contributed by atoms with Crippen molar-refractivity contribution < 1.29 is 19.0 Å². The molecule has 184 valence electrons. The van der Waals surface area contributed by atoms with Gasteiger partial charge in [-0.25, -0.2) is 9.79 Å². The lowest BCUT2D eigenvalue weighted by molar-refractivity contribution is -0.139. The lowest BCUT2D eigenvalue weighted by atomic mass is 9.95. The molecule has 0 N–H and O–H groups in total. The summed E-state index contributed by atoms with van der Waals surface area (Å²) < 4.78 is 20.4. The Hall–Kier alpha value is -3.59. The fourth-order valence-electron chi connectivity index (χ4n) is 4.30. The summed E-state index contributed by atoms with van der Waals surface area (Å²) in [4.78, 5) is 32.0. The van der Waals surface area contributed by atoms with Crippen molar-refractivity contribution in [2.75, 3.05) is 20.8 Å². The Balaban J connectivity index is 1.99. The van der Waals surface area contributed by atoms with Gasteiger partial charge in [-0.3, -0.25) is 9.36 Å². The first-order valence-electron chi connectivity index (χ1n) is 11.3. The van der Waals surface area contributed by atoms with E-state index in [1.807, 2.05) is 33.0 Å². The molecule has 1 aromatic carbocycles. The van der Waals surface area contributed by atoms with Crippen molar-refractivity contribution in [3.05, 3.63) is 77.7 Å². The Morgan fingerprint density at radius 1 is 1.14 bits per heavy atom. The number of aryl methyl sites for hydroxylation is 1. The number of carbonyl (C=O) groups excluding carboxylic acids is 1. The van der Waals surface area contributed by atoms with Crippen LogP contribution < -0.4 is 24.4 Å². The average Bonchev–Trinajstić information content (AvgIpc) is 3.27. The van der Waals surface area contributed by atoms with Crippen molar-refractivity contribution in [1.29, 1.82) is 0 Å². The van der Waals surface area contributed by atoms with E-state index >= 15 is 0 Å². The van der Waals surface area contributed by atoms with E-state index in [1.165, 1.54) is 11.3 Å². The summed E-state index contributed by atoms with van der Waals surface area (Å²) in [6.45, 7) is 7.77. The molecule has 0 fully saturated rings. The number of ether oxygens (including phenoxy) is 3. The average molecular weight is 496 g/mol. The lowest BCUT2D eigenvalue weighted by Crippen LogP contribution is -2.40. The van der Waals surface area contributed by atoms with Gasteiger partial charge < -0.3 is 18.8 Å². The third-order valence-corrected chi connectivity index (χ3v) is 7.32. The van der Waals surface area contributed by atoms with Crippen LogP contribution in [0.1, 0.15) is 42.4 Å². The molecule has 9 heteroatoms. The molecule has 0 amide bonds. The number of fused-ring (bicyclic) bond motifs is 1. The van der Waals surface area contributed by atoms with Gasteiger partial charge in [-0.05, 0) is 63.1 Å². The van der Waals surface area contributed by atoms with Gasteiger partial charge >= 0.3 is 5.97 Å². The highest BCUT2D eigenvalue weighted by molar-refractivity contribution is 7.07. The zero-order valence-corrected chi connectivity index (χ0v) is 21.8. The largest absolute Gasteiger partial charge is 0.493 e. The highest BCUT2D eigenvalue weighted by Crippen LogP contribution is 2.36. The van der Waals surface area contributed by atoms with Crippen LogP contribution in [0.15, 0.2) is 45.3 Å². The number of esters is 1. The Morgan fingerprint density at radius 3 is 2.46 bits per heavy atom. The standard InChI is InChI=1S/C26H29N3O5S/c1-8-34-25(31)22-15(3)27-26-29(23(22)17-9-10-19(32-6)20(12-17)33-7)24(30)21(35-26)13-18-11-14(2)28(5)16(18)4/h9-13,23H,8H2,1-7H3/t23-/m0/s1. The van der Waals surface area contributed by atoms with E-state index in [-0.39, 0.29) is 12.2 Å². The number of thiazole rings is 1. The zero-order chi connectivity index (χ0) is 25.4. The molecule has 0 unspecified atom stereocenters. The van der Waals surface area contributed by atoms with E-state index in [2.05, 4.69) is 15.6 Å². The minimum atomic E-state index is -0.717. The van der Waals surface area contributed by atoms with Gasteiger partial charge in [0.1, 0.15) is 0 Å². The highest BCUT2D eigenvalue weighted by Gasteiger charge is 2.34. The minimum Gasteiger partial charge on any atom is -0.493 e. The number of carbonyl (C=O) groups is 1. The van der Waals surface area contributed by atoms with Crippen LogP contribution in [0.3, 0.4) is 0 Å². The second-order valence-corrected chi connectivity index (χ2v) is 9.31. The quantitative estimate of drug-likeness (QED) is 0.491. The smallest absolute Gasteiger partial charge is 0.338 e. The molecule has 0 bridgehead atoms. The normalized spacial score (nSPS) is 15.6. The zero-order valence-electron chi connectivity index (χ0n) is 21.0. The molecule has 8 nitrogen and oxygen atoms in total. The molecule has 4 rings (SSSR count). The van der Waals surface area contributed by atoms with Gasteiger partial charge in [0, 0.05) is 18.4 Å². The molecule has 0 radical (unpaired) electrons. The van der Waals surface area contributed by atoms with Crippen LogP contribution in [-0.2, 0) is 16.6 Å². The van der Waals surface area contributed by atoms with Crippen LogP contribution >= 0.6 is 11.3 Å². The van der Waals surface area contributed by atoms with Crippen LogP contribution in [0.4, 0.5) is 0 Å². The fourth-order valence-corrected chi connectivity index (χ4v) is 5.34. The van der Waals surface area contributed by atoms with Crippen LogP contribution in [0.25, 0.3) is 6.08 Å². The van der Waals surface area contributed by atoms with E-state index in [4.69, 9.17) is 14.2 Å². The summed E-state index contributed by atoms with van der Waals surface area (Å²) in [5, 5.41) is 0. The van der Waals surface area contributed by atoms with Gasteiger partial charge in [0.05, 0.1) is 42.7 Å². The molecule has 3 heterocycles. The SMILES string of the molecule is CCOC(=O)C1=C(C)N=c2sc(=Cc3cc(C)n(C)c3C)c(=O)n2[C@H]1c1ccc(OC)c(OC)c1. The maximum atomic E-state index is 13.8. The van der Waals surface area contributed by atoms with E-state index in [1.54, 1.807) is 44.8 Å². The molecular weight excluding hydrogens is 466 g/mol. The Bertz CT molecular complexity index is 1520. The summed E-state index contributed by atoms with van der Waals surface area (Å²) >= 11 is 1.30. The highest BCUT2D eigenvalue weighted by atomic mass is 32.1. The number of nitrogens with zero attached hydrogens (tertiary/aromatic N) is 3. The van der Waals surface area contributed by atoms with Gasteiger partial charge in [0.2, 0.25) is 0 Å². The minimum absolute atomic E-state index is 0.214. The van der Waals surface area contributed by atoms with Crippen LogP contribution in [-0.4, -0.2) is 35.9 Å². The van der Waals surface area contributed by atoms with Gasteiger partial charge in [-0.2, -0.15) is 0 Å². The first kappa shape index (κ1) is 24.5. The van der Waals surface area contributed by atoms with E-state index in [9.17, 15) is 9.59 Å². The first-order valence-corrected chi connectivity index (χ1v) is 12.1. The molecule has 2 aromatic heterocycles. The van der Waals surface area contributed by atoms with Crippen molar-refractivity contribution in [1.82, 2.24) is 9.13 Å². The van der Waals surface area contributed by atoms with Gasteiger partial charge in [0.25, 0.3) is 5.56 Å². The summed E-state index contributed by atoms with van der Waals surface area (Å²) in [7, 11) is 5.10. The second kappa shape index (κ2) is 9.58. The van der Waals surface area contributed by atoms with Crippen LogP contribution in [0, 0.1) is 13.8 Å². The summed E-state index contributed by atoms with van der Waals surface area (Å²) in [6, 6.07) is 6.70. The molecule has 0 aliphatic carbocycles. The van der Waals surface area contributed by atoms with Crippen LogP contribution in [0.2, 0.25) is 0 Å². The van der Waals surface area contributed by atoms with Gasteiger partial charge in [0.15, 0.2) is 16.3 Å². The van der Waals surface area contributed by atoms with E-state index < -0.39 is 12.0 Å². The van der Waals surface area contributed by atoms with Gasteiger partial charge in [-0.15, -0.1) is 0 Å². The summed E-state index contributed by atoms with van der Waals surface area (Å²) in [5.74, 6) is 0.551. The van der Waals surface area contributed by atoms with Crippen molar-refractivity contribution in [2.24, 2.45) is 12.0 Å². The lowest BCUT2D eigenvalue weighted by Gasteiger charge is -2.25. The maximum absolute atomic E-state index is 13.8. The predicted molar refractivity (Wildman–Crippen MR) is 135 cm³/mol. The topological polar surface area (TPSA) is 84.1 Å². The van der Waals surface area contributed by atoms with Gasteiger partial charge in [-0.1, -0.05) is 17.4 Å². The number of hydrogen-bond donors (Lipinski definition) is 0. The molecule has 3 aromatic rings. The number of aromatic nitrogens is 2. The third kappa shape index (κ3) is 4.20. The second-order valence-electron chi connectivity index (χ2n) is 8.30. The Morgan fingerprint density at radius 2 is 1.86 bits per heavy atom.